The number of rotatable bonds is 2. The molecule has 1 fully saturated rings. The monoisotopic (exact) mass is 183 g/mol. The predicted molar refractivity (Wildman–Crippen MR) is 53.2 cm³/mol. The molecule has 1 amide bonds. The Morgan fingerprint density at radius 1 is 1.69 bits per heavy atom. The first kappa shape index (κ1) is 10.5. The molecule has 0 aromatic carbocycles. The van der Waals surface area contributed by atoms with E-state index >= 15 is 0 Å². The number of nitrogens with one attached hydrogen (secondary N) is 1. The number of hydrogen-bond acceptors (Lipinski definition) is 2. The maximum absolute atomic E-state index is 11.4. The van der Waals surface area contributed by atoms with Crippen LogP contribution in [0.4, 0.5) is 0 Å². The molecule has 2 atom stereocenters. The average Bonchev–Trinajstić information content (AvgIpc) is 2.17. The number of carbonyl (C=O) groups is 1. The van der Waals surface area contributed by atoms with Gasteiger partial charge >= 0.3 is 0 Å². The number of likely N-dealkylation sites (tertiary alicyclic amines) is 1. The van der Waals surface area contributed by atoms with Gasteiger partial charge in [0.25, 0.3) is 0 Å². The number of likely N-dealkylation sites (N-methyl/N-ethyl adjacent to an activating group) is 1. The zero-order valence-corrected chi connectivity index (χ0v) is 8.55. The Balaban J connectivity index is 2.49. The summed E-state index contributed by atoms with van der Waals surface area (Å²) in [5.74, 6) is 0.839. The molecule has 0 aliphatic carbocycles. The van der Waals surface area contributed by atoms with E-state index in [1.807, 2.05) is 11.9 Å². The molecule has 13 heavy (non-hydrogen) atoms. The Kier molecular flexibility index (Phi) is 3.72. The van der Waals surface area contributed by atoms with Crippen LogP contribution in [-0.4, -0.2) is 37.0 Å². The molecule has 0 spiro atoms. The summed E-state index contributed by atoms with van der Waals surface area (Å²) in [6, 6.07) is 0.448. The first-order valence-corrected chi connectivity index (χ1v) is 4.93. The Labute approximate surface area is 80.5 Å². The molecule has 75 valence electrons. The first-order chi connectivity index (χ1) is 6.19. The van der Waals surface area contributed by atoms with Crippen molar-refractivity contribution in [2.45, 2.75) is 25.8 Å². The first-order valence-electron chi connectivity index (χ1n) is 4.93. The maximum Gasteiger partial charge on any atom is 0.222 e. The molecule has 3 nitrogen and oxygen atoms in total. The summed E-state index contributed by atoms with van der Waals surface area (Å²) in [6.07, 6.45) is 1.47. The molecule has 1 heterocycles. The molecule has 2 unspecified atom stereocenters. The van der Waals surface area contributed by atoms with E-state index in [2.05, 4.69) is 19.2 Å². The van der Waals surface area contributed by atoms with Crippen molar-refractivity contribution in [1.82, 2.24) is 10.2 Å². The van der Waals surface area contributed by atoms with Gasteiger partial charge in [0.15, 0.2) is 0 Å². The smallest absolute Gasteiger partial charge is 0.222 e. The lowest BCUT2D eigenvalue weighted by atomic mass is 9.93. The summed E-state index contributed by atoms with van der Waals surface area (Å²) in [5.41, 5.74) is 0. The van der Waals surface area contributed by atoms with Crippen LogP contribution in [0.25, 0.3) is 0 Å². The van der Waals surface area contributed by atoms with Crippen molar-refractivity contribution in [3.63, 3.8) is 0 Å². The lowest BCUT2D eigenvalue weighted by Gasteiger charge is -2.36. The van der Waals surface area contributed by atoms with Crippen molar-refractivity contribution in [2.75, 3.05) is 20.1 Å². The highest BCUT2D eigenvalue weighted by atomic mass is 16.2. The van der Waals surface area contributed by atoms with Crippen LogP contribution < -0.4 is 5.32 Å². The topological polar surface area (TPSA) is 32.3 Å². The summed E-state index contributed by atoms with van der Waals surface area (Å²) in [4.78, 5) is 13.3. The maximum atomic E-state index is 11.4. The van der Waals surface area contributed by atoms with E-state index < -0.39 is 0 Å². The largest absolute Gasteiger partial charge is 0.341 e. The van der Waals surface area contributed by atoms with Crippen LogP contribution in [-0.2, 0) is 4.79 Å². The minimum Gasteiger partial charge on any atom is -0.341 e. The van der Waals surface area contributed by atoms with Gasteiger partial charge in [0.05, 0.1) is 0 Å². The third kappa shape index (κ3) is 2.44. The van der Waals surface area contributed by atoms with Crippen LogP contribution >= 0.6 is 0 Å². The van der Waals surface area contributed by atoms with Gasteiger partial charge in [-0.3, -0.25) is 4.79 Å². The van der Waals surface area contributed by atoms with Gasteiger partial charge < -0.3 is 10.2 Å². The summed E-state index contributed by atoms with van der Waals surface area (Å²) in [5, 5.41) is 3.25. The summed E-state index contributed by atoms with van der Waals surface area (Å²) < 4.78 is 0. The quantitative estimate of drug-likeness (QED) is 0.682. The van der Waals surface area contributed by atoms with Crippen LogP contribution in [0.5, 0.6) is 0 Å². The molecule has 3 heteroatoms. The van der Waals surface area contributed by atoms with E-state index in [-0.39, 0.29) is 5.91 Å². The summed E-state index contributed by atoms with van der Waals surface area (Å²) in [6.45, 7) is 7.58. The number of piperidine rings is 1. The van der Waals surface area contributed by atoms with Gasteiger partial charge in [0.2, 0.25) is 5.91 Å². The zero-order valence-electron chi connectivity index (χ0n) is 8.55. The zero-order chi connectivity index (χ0) is 9.84. The Morgan fingerprint density at radius 2 is 2.38 bits per heavy atom. The van der Waals surface area contributed by atoms with Crippen LogP contribution in [0.15, 0.2) is 0 Å². The second kappa shape index (κ2) is 4.61. The molecule has 1 N–H and O–H groups in total. The van der Waals surface area contributed by atoms with Crippen LogP contribution in [0.2, 0.25) is 0 Å². The highest BCUT2D eigenvalue weighted by Crippen LogP contribution is 2.17. The van der Waals surface area contributed by atoms with E-state index in [0.717, 1.165) is 19.5 Å². The highest BCUT2D eigenvalue weighted by Gasteiger charge is 2.26. The van der Waals surface area contributed by atoms with E-state index in [1.54, 1.807) is 0 Å². The molecule has 0 aromatic rings. The van der Waals surface area contributed by atoms with Gasteiger partial charge in [-0.25, -0.2) is 0 Å². The normalized spacial score (nSPS) is 29.0. The van der Waals surface area contributed by atoms with E-state index in [0.29, 0.717) is 18.4 Å². The van der Waals surface area contributed by atoms with Gasteiger partial charge in [-0.05, 0) is 26.3 Å². The van der Waals surface area contributed by atoms with Crippen LogP contribution in [0.1, 0.15) is 19.8 Å². The molecule has 1 saturated heterocycles. The van der Waals surface area contributed by atoms with Crippen molar-refractivity contribution < 1.29 is 4.79 Å². The Hall–Kier alpha value is -0.570. The Morgan fingerprint density at radius 3 is 2.92 bits per heavy atom. The van der Waals surface area contributed by atoms with Crippen LogP contribution in [0.3, 0.4) is 0 Å². The highest BCUT2D eigenvalue weighted by molar-refractivity contribution is 5.76. The molecule has 1 rings (SSSR count). The summed E-state index contributed by atoms with van der Waals surface area (Å²) in [7, 11) is 1.96. The fraction of sp³-hybridized carbons (Fsp3) is 0.800. The fourth-order valence-corrected chi connectivity index (χ4v) is 1.83. The van der Waals surface area contributed by atoms with E-state index in [4.69, 9.17) is 0 Å². The predicted octanol–water partition coefficient (Wildman–Crippen LogP) is 0.667. The fourth-order valence-electron chi connectivity index (χ4n) is 1.83. The van der Waals surface area contributed by atoms with Crippen molar-refractivity contribution in [2.24, 2.45) is 5.92 Å². The molecule has 1 aliphatic rings. The molecule has 1 aliphatic heterocycles. The second-order valence-electron chi connectivity index (χ2n) is 3.75. The minimum atomic E-state index is 0.173. The third-order valence-corrected chi connectivity index (χ3v) is 2.90. The van der Waals surface area contributed by atoms with Gasteiger partial charge in [-0.2, -0.15) is 0 Å². The molecular formula is C10H19N2O. The molecule has 0 saturated carbocycles. The number of nitrogens with zero attached hydrogens (tertiary/aromatic N) is 1. The van der Waals surface area contributed by atoms with Crippen molar-refractivity contribution >= 4 is 5.91 Å². The number of carbonyl (C=O) groups excluding carboxylic acids is 1. The minimum absolute atomic E-state index is 0.173. The molecule has 1 radical (unpaired) electrons. The standard InChI is InChI=1S/C10H19N2O/c1-4-10(13)12-6-5-8(2)9(7-12)11-3/h8-9,11H,1,4-7H2,2-3H3. The SMILES string of the molecule is [CH2]CC(=O)N1CCC(C)C(NC)C1. The van der Waals surface area contributed by atoms with E-state index in [9.17, 15) is 4.79 Å². The average molecular weight is 183 g/mol. The van der Waals surface area contributed by atoms with Gasteiger partial charge in [-0.15, -0.1) is 0 Å². The van der Waals surface area contributed by atoms with Crippen molar-refractivity contribution in [3.8, 4) is 0 Å². The Bertz CT molecular complexity index is 182. The van der Waals surface area contributed by atoms with Crippen molar-refractivity contribution in [3.05, 3.63) is 6.92 Å². The van der Waals surface area contributed by atoms with Gasteiger partial charge in [0.1, 0.15) is 0 Å². The van der Waals surface area contributed by atoms with Crippen LogP contribution in [0, 0.1) is 12.8 Å². The van der Waals surface area contributed by atoms with Gasteiger partial charge in [-0.1, -0.05) is 6.92 Å². The second-order valence-corrected chi connectivity index (χ2v) is 3.75. The number of amides is 1. The summed E-state index contributed by atoms with van der Waals surface area (Å²) >= 11 is 0. The third-order valence-electron chi connectivity index (χ3n) is 2.90. The molecular weight excluding hydrogens is 164 g/mol. The molecule has 0 bridgehead atoms. The molecule has 0 aromatic heterocycles. The number of hydrogen-bond donors (Lipinski definition) is 1. The lowest BCUT2D eigenvalue weighted by molar-refractivity contribution is -0.132. The van der Waals surface area contributed by atoms with Gasteiger partial charge in [0, 0.05) is 25.6 Å². The van der Waals surface area contributed by atoms with E-state index in [1.165, 1.54) is 0 Å². The lowest BCUT2D eigenvalue weighted by Crippen LogP contribution is -2.50. The van der Waals surface area contributed by atoms with Crippen molar-refractivity contribution in [1.29, 1.82) is 0 Å².